The highest BCUT2D eigenvalue weighted by Crippen LogP contribution is 2.32. The van der Waals surface area contributed by atoms with Crippen molar-refractivity contribution in [1.82, 2.24) is 9.80 Å². The van der Waals surface area contributed by atoms with Crippen LogP contribution in [0.15, 0.2) is 29.2 Å². The van der Waals surface area contributed by atoms with Crippen molar-refractivity contribution < 1.29 is 14.4 Å². The van der Waals surface area contributed by atoms with Crippen molar-refractivity contribution in [2.75, 3.05) is 19.6 Å². The van der Waals surface area contributed by atoms with Crippen LogP contribution < -0.4 is 0 Å². The standard InChI is InChI=1S/C20H24N2O3S/c1-14(2)16-8-6-15(7-9-16)12-17-19(24)22(20(25)26-17)13-18(23)21-10-4-3-5-11-21/h6-9,12,14H,3-5,10-11,13H2,1-2H3/b17-12-. The fraction of sp³-hybridized carbons (Fsp3) is 0.450. The molecule has 5 nitrogen and oxygen atoms in total. The predicted molar refractivity (Wildman–Crippen MR) is 104 cm³/mol. The van der Waals surface area contributed by atoms with Crippen LogP contribution in [0.3, 0.4) is 0 Å². The minimum Gasteiger partial charge on any atom is -0.341 e. The summed E-state index contributed by atoms with van der Waals surface area (Å²) in [6.45, 7) is 5.52. The maximum atomic E-state index is 12.6. The van der Waals surface area contributed by atoms with Crippen LogP contribution in [-0.4, -0.2) is 46.5 Å². The molecule has 1 aromatic rings. The maximum absolute atomic E-state index is 12.6. The summed E-state index contributed by atoms with van der Waals surface area (Å²) in [5.41, 5.74) is 2.10. The maximum Gasteiger partial charge on any atom is 0.294 e. The van der Waals surface area contributed by atoms with Crippen LogP contribution in [0.1, 0.15) is 50.2 Å². The van der Waals surface area contributed by atoms with Gasteiger partial charge in [0.15, 0.2) is 0 Å². The number of nitrogens with zero attached hydrogens (tertiary/aromatic N) is 2. The summed E-state index contributed by atoms with van der Waals surface area (Å²) in [5, 5.41) is -0.370. The Labute approximate surface area is 158 Å². The van der Waals surface area contributed by atoms with Gasteiger partial charge in [0.2, 0.25) is 5.91 Å². The third kappa shape index (κ3) is 4.18. The Morgan fingerprint density at radius 1 is 1.12 bits per heavy atom. The third-order valence-corrected chi connectivity index (χ3v) is 5.68. The van der Waals surface area contributed by atoms with Crippen molar-refractivity contribution in [2.24, 2.45) is 0 Å². The van der Waals surface area contributed by atoms with Crippen LogP contribution >= 0.6 is 11.8 Å². The summed E-state index contributed by atoms with van der Waals surface area (Å²) in [5.74, 6) is -0.0788. The number of carbonyl (C=O) groups is 3. The lowest BCUT2D eigenvalue weighted by Crippen LogP contribution is -2.44. The molecule has 26 heavy (non-hydrogen) atoms. The van der Waals surface area contributed by atoms with Crippen molar-refractivity contribution >= 4 is 34.9 Å². The molecule has 3 amide bonds. The molecule has 0 bridgehead atoms. The summed E-state index contributed by atoms with van der Waals surface area (Å²) in [4.78, 5) is 40.3. The zero-order chi connectivity index (χ0) is 18.7. The highest BCUT2D eigenvalue weighted by atomic mass is 32.2. The normalized spacial score (nSPS) is 19.7. The van der Waals surface area contributed by atoms with Crippen LogP contribution in [0.2, 0.25) is 0 Å². The van der Waals surface area contributed by atoms with E-state index in [2.05, 4.69) is 13.8 Å². The molecule has 0 spiro atoms. The van der Waals surface area contributed by atoms with Crippen LogP contribution in [-0.2, 0) is 9.59 Å². The lowest BCUT2D eigenvalue weighted by molar-refractivity contribution is -0.136. The molecule has 2 aliphatic rings. The van der Waals surface area contributed by atoms with Crippen molar-refractivity contribution in [3.63, 3.8) is 0 Å². The van der Waals surface area contributed by atoms with E-state index in [4.69, 9.17) is 0 Å². The summed E-state index contributed by atoms with van der Waals surface area (Å²) in [7, 11) is 0. The Balaban J connectivity index is 1.68. The number of rotatable bonds is 4. The van der Waals surface area contributed by atoms with E-state index in [0.29, 0.717) is 23.9 Å². The Kier molecular flexibility index (Phi) is 5.81. The van der Waals surface area contributed by atoms with E-state index in [0.717, 1.165) is 41.5 Å². The summed E-state index contributed by atoms with van der Waals surface area (Å²) in [6, 6.07) is 7.95. The number of hydrogen-bond donors (Lipinski definition) is 0. The van der Waals surface area contributed by atoms with Crippen LogP contribution in [0.4, 0.5) is 4.79 Å². The van der Waals surface area contributed by atoms with E-state index in [1.807, 2.05) is 24.3 Å². The SMILES string of the molecule is CC(C)c1ccc(/C=C2\SC(=O)N(CC(=O)N3CCCCC3)C2=O)cc1. The largest absolute Gasteiger partial charge is 0.341 e. The zero-order valence-electron chi connectivity index (χ0n) is 15.2. The van der Waals surface area contributed by atoms with Crippen LogP contribution in [0, 0.1) is 0 Å². The number of likely N-dealkylation sites (tertiary alicyclic amines) is 1. The van der Waals surface area contributed by atoms with Gasteiger partial charge in [0.25, 0.3) is 11.1 Å². The molecule has 0 N–H and O–H groups in total. The number of amides is 3. The van der Waals surface area contributed by atoms with Crippen LogP contribution in [0.5, 0.6) is 0 Å². The lowest BCUT2D eigenvalue weighted by atomic mass is 10.0. The van der Waals surface area contributed by atoms with E-state index in [1.165, 1.54) is 5.56 Å². The monoisotopic (exact) mass is 372 g/mol. The summed E-state index contributed by atoms with van der Waals surface area (Å²) < 4.78 is 0. The number of hydrogen-bond acceptors (Lipinski definition) is 4. The Bertz CT molecular complexity index is 734. The van der Waals surface area contributed by atoms with E-state index >= 15 is 0 Å². The minimum atomic E-state index is -0.377. The van der Waals surface area contributed by atoms with Gasteiger partial charge in [0.1, 0.15) is 6.54 Å². The average Bonchev–Trinajstić information content (AvgIpc) is 2.90. The van der Waals surface area contributed by atoms with E-state index in [9.17, 15) is 14.4 Å². The number of imide groups is 1. The number of carbonyl (C=O) groups excluding carboxylic acids is 3. The van der Waals surface area contributed by atoms with E-state index in [1.54, 1.807) is 11.0 Å². The molecular weight excluding hydrogens is 348 g/mol. The molecule has 1 aromatic carbocycles. The van der Waals surface area contributed by atoms with Gasteiger partial charge in [-0.15, -0.1) is 0 Å². The molecule has 2 aliphatic heterocycles. The van der Waals surface area contributed by atoms with Gasteiger partial charge in [-0.2, -0.15) is 0 Å². The highest BCUT2D eigenvalue weighted by Gasteiger charge is 2.37. The van der Waals surface area contributed by atoms with E-state index in [-0.39, 0.29) is 23.6 Å². The van der Waals surface area contributed by atoms with Gasteiger partial charge in [-0.05, 0) is 54.1 Å². The van der Waals surface area contributed by atoms with E-state index < -0.39 is 0 Å². The fourth-order valence-electron chi connectivity index (χ4n) is 3.14. The number of thioether (sulfide) groups is 1. The molecule has 0 unspecified atom stereocenters. The molecule has 3 rings (SSSR count). The Hall–Kier alpha value is -2.08. The molecule has 6 heteroatoms. The lowest BCUT2D eigenvalue weighted by Gasteiger charge is -2.27. The topological polar surface area (TPSA) is 57.7 Å². The molecule has 2 fully saturated rings. The van der Waals surface area contributed by atoms with Gasteiger partial charge < -0.3 is 4.90 Å². The zero-order valence-corrected chi connectivity index (χ0v) is 16.1. The van der Waals surface area contributed by atoms with Crippen molar-refractivity contribution in [3.8, 4) is 0 Å². The number of piperidine rings is 1. The van der Waals surface area contributed by atoms with Crippen molar-refractivity contribution in [2.45, 2.75) is 39.0 Å². The first-order valence-electron chi connectivity index (χ1n) is 9.09. The molecule has 0 atom stereocenters. The van der Waals surface area contributed by atoms with Gasteiger partial charge in [-0.3, -0.25) is 19.3 Å². The van der Waals surface area contributed by atoms with Gasteiger partial charge in [-0.1, -0.05) is 38.1 Å². The summed E-state index contributed by atoms with van der Waals surface area (Å²) >= 11 is 0.904. The van der Waals surface area contributed by atoms with Gasteiger partial charge in [-0.25, -0.2) is 0 Å². The summed E-state index contributed by atoms with van der Waals surface area (Å²) in [6.07, 6.45) is 4.82. The number of benzene rings is 1. The fourth-order valence-corrected chi connectivity index (χ4v) is 3.98. The molecular formula is C20H24N2O3S. The van der Waals surface area contributed by atoms with Gasteiger partial charge >= 0.3 is 0 Å². The van der Waals surface area contributed by atoms with Gasteiger partial charge in [0, 0.05) is 13.1 Å². The Morgan fingerprint density at radius 3 is 2.38 bits per heavy atom. The third-order valence-electron chi connectivity index (χ3n) is 4.78. The second-order valence-corrected chi connectivity index (χ2v) is 8.02. The average molecular weight is 372 g/mol. The Morgan fingerprint density at radius 2 is 1.77 bits per heavy atom. The van der Waals surface area contributed by atoms with Gasteiger partial charge in [0.05, 0.1) is 4.91 Å². The molecule has 0 aromatic heterocycles. The predicted octanol–water partition coefficient (Wildman–Crippen LogP) is 3.86. The first-order chi connectivity index (χ1) is 12.5. The minimum absolute atomic E-state index is 0.144. The quantitative estimate of drug-likeness (QED) is 0.753. The van der Waals surface area contributed by atoms with Crippen molar-refractivity contribution in [1.29, 1.82) is 0 Å². The molecule has 2 heterocycles. The molecule has 2 saturated heterocycles. The smallest absolute Gasteiger partial charge is 0.294 e. The second-order valence-electron chi connectivity index (χ2n) is 7.03. The molecule has 0 aliphatic carbocycles. The second kappa shape index (κ2) is 8.08. The first-order valence-corrected chi connectivity index (χ1v) is 9.90. The highest BCUT2D eigenvalue weighted by molar-refractivity contribution is 8.18. The first kappa shape index (κ1) is 18.7. The molecule has 138 valence electrons. The molecule has 0 saturated carbocycles. The van der Waals surface area contributed by atoms with Crippen molar-refractivity contribution in [3.05, 3.63) is 40.3 Å². The molecule has 0 radical (unpaired) electrons. The van der Waals surface area contributed by atoms with Crippen LogP contribution in [0.25, 0.3) is 6.08 Å².